The molecule has 1 atom stereocenters. The van der Waals surface area contributed by atoms with Gasteiger partial charge in [0.25, 0.3) is 0 Å². The molecule has 0 bridgehead atoms. The first-order valence-corrected chi connectivity index (χ1v) is 9.81. The second-order valence-corrected chi connectivity index (χ2v) is 7.44. The van der Waals surface area contributed by atoms with Crippen molar-refractivity contribution in [2.45, 2.75) is 26.4 Å². The Morgan fingerprint density at radius 3 is 2.26 bits per heavy atom. The summed E-state index contributed by atoms with van der Waals surface area (Å²) < 4.78 is 23.1. The van der Waals surface area contributed by atoms with Crippen LogP contribution < -0.4 is 4.90 Å². The van der Waals surface area contributed by atoms with Gasteiger partial charge in [-0.15, -0.1) is 0 Å². The van der Waals surface area contributed by atoms with Crippen LogP contribution in [0, 0.1) is 11.7 Å². The molecule has 0 saturated carbocycles. The second kappa shape index (κ2) is 9.51. The predicted molar refractivity (Wildman–Crippen MR) is 109 cm³/mol. The number of carbonyl (C=O) groups is 4. The summed E-state index contributed by atoms with van der Waals surface area (Å²) in [4.78, 5) is 50.1. The number of hydrogen-bond donors (Lipinski definition) is 0. The quantitative estimate of drug-likeness (QED) is 0.498. The molecule has 0 aliphatic carbocycles. The molecule has 162 valence electrons. The fourth-order valence-corrected chi connectivity index (χ4v) is 3.15. The summed E-state index contributed by atoms with van der Waals surface area (Å²) in [6, 6.07) is 11.3. The monoisotopic (exact) mass is 427 g/mol. The highest BCUT2D eigenvalue weighted by Gasteiger charge is 2.36. The summed E-state index contributed by atoms with van der Waals surface area (Å²) in [5.74, 6) is -3.00. The minimum atomic E-state index is -0.709. The zero-order valence-corrected chi connectivity index (χ0v) is 17.2. The first kappa shape index (κ1) is 22.1. The van der Waals surface area contributed by atoms with E-state index in [-0.39, 0.29) is 30.5 Å². The van der Waals surface area contributed by atoms with Gasteiger partial charge >= 0.3 is 11.9 Å². The Bertz CT molecular complexity index is 984. The van der Waals surface area contributed by atoms with Gasteiger partial charge in [0.15, 0.2) is 12.4 Å². The van der Waals surface area contributed by atoms with Gasteiger partial charge in [-0.1, -0.05) is 0 Å². The van der Waals surface area contributed by atoms with Gasteiger partial charge in [-0.25, -0.2) is 9.18 Å². The van der Waals surface area contributed by atoms with Crippen molar-refractivity contribution in [3.05, 3.63) is 65.5 Å². The Labute approximate surface area is 178 Å². The van der Waals surface area contributed by atoms with E-state index in [0.29, 0.717) is 11.3 Å². The van der Waals surface area contributed by atoms with Crippen LogP contribution in [0.15, 0.2) is 48.5 Å². The molecular formula is C23H22FNO6. The van der Waals surface area contributed by atoms with Gasteiger partial charge < -0.3 is 14.4 Å². The van der Waals surface area contributed by atoms with E-state index in [1.54, 1.807) is 38.1 Å². The first-order valence-electron chi connectivity index (χ1n) is 9.81. The molecule has 31 heavy (non-hydrogen) atoms. The number of nitrogens with zero attached hydrogens (tertiary/aromatic N) is 1. The number of anilines is 1. The Hall–Kier alpha value is -3.55. The van der Waals surface area contributed by atoms with Crippen LogP contribution >= 0.6 is 0 Å². The topological polar surface area (TPSA) is 90.0 Å². The van der Waals surface area contributed by atoms with Gasteiger partial charge in [-0.2, -0.15) is 0 Å². The maximum atomic E-state index is 12.9. The molecule has 1 saturated heterocycles. The minimum absolute atomic E-state index is 0.0410. The lowest BCUT2D eigenvalue weighted by Crippen LogP contribution is -2.27. The second-order valence-electron chi connectivity index (χ2n) is 7.44. The van der Waals surface area contributed by atoms with Crippen LogP contribution in [-0.2, 0) is 19.1 Å². The zero-order valence-electron chi connectivity index (χ0n) is 17.2. The maximum Gasteiger partial charge on any atom is 0.338 e. The van der Waals surface area contributed by atoms with Crippen LogP contribution in [0.25, 0.3) is 0 Å². The van der Waals surface area contributed by atoms with Crippen molar-refractivity contribution in [3.63, 3.8) is 0 Å². The van der Waals surface area contributed by atoms with Crippen LogP contribution in [-0.4, -0.2) is 42.9 Å². The van der Waals surface area contributed by atoms with Gasteiger partial charge in [0, 0.05) is 24.2 Å². The SMILES string of the molecule is CC(C)OC(=O)c1ccc(N2C[C@@H](C(=O)OCC(=O)c3ccc(F)cc3)CC2=O)cc1. The van der Waals surface area contributed by atoms with E-state index in [1.807, 2.05) is 0 Å². The van der Waals surface area contributed by atoms with Crippen LogP contribution in [0.3, 0.4) is 0 Å². The Balaban J connectivity index is 1.56. The number of halogens is 1. The van der Waals surface area contributed by atoms with Crippen molar-refractivity contribution >= 4 is 29.3 Å². The van der Waals surface area contributed by atoms with Gasteiger partial charge in [-0.3, -0.25) is 14.4 Å². The van der Waals surface area contributed by atoms with Gasteiger partial charge in [-0.05, 0) is 62.4 Å². The molecule has 3 rings (SSSR count). The highest BCUT2D eigenvalue weighted by Crippen LogP contribution is 2.26. The molecule has 7 nitrogen and oxygen atoms in total. The fraction of sp³-hybridized carbons (Fsp3) is 0.304. The Morgan fingerprint density at radius 2 is 1.65 bits per heavy atom. The highest BCUT2D eigenvalue weighted by molar-refractivity contribution is 6.01. The third-order valence-electron chi connectivity index (χ3n) is 4.73. The molecule has 0 aromatic heterocycles. The summed E-state index contributed by atoms with van der Waals surface area (Å²) in [6.45, 7) is 3.13. The first-order chi connectivity index (χ1) is 14.7. The molecule has 0 unspecified atom stereocenters. The van der Waals surface area contributed by atoms with E-state index < -0.39 is 36.1 Å². The molecule has 0 spiro atoms. The van der Waals surface area contributed by atoms with Crippen LogP contribution in [0.1, 0.15) is 41.0 Å². The van der Waals surface area contributed by atoms with E-state index in [2.05, 4.69) is 0 Å². The standard InChI is InChI=1S/C23H22FNO6/c1-14(2)31-23(29)16-5-9-19(10-6-16)25-12-17(11-21(25)27)22(28)30-13-20(26)15-3-7-18(24)8-4-15/h3-10,14,17H,11-13H2,1-2H3/t17-/m0/s1. The van der Waals surface area contributed by atoms with E-state index in [9.17, 15) is 23.6 Å². The maximum absolute atomic E-state index is 12.9. The summed E-state index contributed by atoms with van der Waals surface area (Å²) in [5, 5.41) is 0. The van der Waals surface area contributed by atoms with Gasteiger partial charge in [0.05, 0.1) is 17.6 Å². The fourth-order valence-electron chi connectivity index (χ4n) is 3.15. The van der Waals surface area contributed by atoms with E-state index >= 15 is 0 Å². The third kappa shape index (κ3) is 5.53. The van der Waals surface area contributed by atoms with Crippen LogP contribution in [0.5, 0.6) is 0 Å². The molecule has 1 fully saturated rings. The number of ketones is 1. The largest absolute Gasteiger partial charge is 0.459 e. The van der Waals surface area contributed by atoms with Crippen molar-refractivity contribution in [3.8, 4) is 0 Å². The van der Waals surface area contributed by atoms with E-state index in [0.717, 1.165) is 12.1 Å². The molecular weight excluding hydrogens is 405 g/mol. The molecule has 2 aromatic carbocycles. The molecule has 0 N–H and O–H groups in total. The Morgan fingerprint density at radius 1 is 1.03 bits per heavy atom. The van der Waals surface area contributed by atoms with Crippen LogP contribution in [0.4, 0.5) is 10.1 Å². The van der Waals surface area contributed by atoms with Crippen molar-refractivity contribution < 1.29 is 33.0 Å². The van der Waals surface area contributed by atoms with Crippen molar-refractivity contribution in [2.24, 2.45) is 5.92 Å². The normalized spacial score (nSPS) is 15.8. The molecule has 1 amide bonds. The molecule has 2 aromatic rings. The predicted octanol–water partition coefficient (Wildman–Crippen LogP) is 3.17. The number of carbonyl (C=O) groups excluding carboxylic acids is 4. The third-order valence-corrected chi connectivity index (χ3v) is 4.73. The zero-order chi connectivity index (χ0) is 22.5. The lowest BCUT2D eigenvalue weighted by atomic mass is 10.1. The number of ether oxygens (including phenoxy) is 2. The average Bonchev–Trinajstić information content (AvgIpc) is 3.13. The number of amides is 1. The van der Waals surface area contributed by atoms with Crippen molar-refractivity contribution in [1.82, 2.24) is 0 Å². The summed E-state index contributed by atoms with van der Waals surface area (Å²) >= 11 is 0. The van der Waals surface area contributed by atoms with Crippen LogP contribution in [0.2, 0.25) is 0 Å². The Kier molecular flexibility index (Phi) is 6.79. The van der Waals surface area contributed by atoms with E-state index in [1.165, 1.54) is 17.0 Å². The number of hydrogen-bond acceptors (Lipinski definition) is 6. The molecule has 1 aliphatic heterocycles. The lowest BCUT2D eigenvalue weighted by molar-refractivity contribution is -0.147. The number of Topliss-reactive ketones (excluding diaryl/α,β-unsaturated/α-hetero) is 1. The smallest absolute Gasteiger partial charge is 0.338 e. The average molecular weight is 427 g/mol. The van der Waals surface area contributed by atoms with E-state index in [4.69, 9.17) is 9.47 Å². The molecule has 0 radical (unpaired) electrons. The van der Waals surface area contributed by atoms with Crippen molar-refractivity contribution in [2.75, 3.05) is 18.1 Å². The summed E-state index contributed by atoms with van der Waals surface area (Å²) in [6.07, 6.45) is -0.283. The number of benzene rings is 2. The number of esters is 2. The summed E-state index contributed by atoms with van der Waals surface area (Å²) in [5.41, 5.74) is 1.14. The summed E-state index contributed by atoms with van der Waals surface area (Å²) in [7, 11) is 0. The molecule has 8 heteroatoms. The van der Waals surface area contributed by atoms with Crippen molar-refractivity contribution in [1.29, 1.82) is 0 Å². The molecule has 1 heterocycles. The van der Waals surface area contributed by atoms with Gasteiger partial charge in [0.1, 0.15) is 5.82 Å². The van der Waals surface area contributed by atoms with Gasteiger partial charge in [0.2, 0.25) is 5.91 Å². The minimum Gasteiger partial charge on any atom is -0.459 e. The molecule has 1 aliphatic rings. The highest BCUT2D eigenvalue weighted by atomic mass is 19.1. The lowest BCUT2D eigenvalue weighted by Gasteiger charge is -2.17. The number of rotatable bonds is 7.